The summed E-state index contributed by atoms with van der Waals surface area (Å²) in [5, 5.41) is 8.30. The van der Waals surface area contributed by atoms with E-state index in [0.717, 1.165) is 5.75 Å². The fourth-order valence-corrected chi connectivity index (χ4v) is 1.31. The van der Waals surface area contributed by atoms with Gasteiger partial charge in [-0.05, 0) is 18.2 Å². The first kappa shape index (κ1) is 11.0. The highest BCUT2D eigenvalue weighted by atomic mass is 16.5. The van der Waals surface area contributed by atoms with Crippen molar-refractivity contribution < 1.29 is 9.47 Å². The number of nitrogens with zero attached hydrogens (tertiary/aromatic N) is 2. The standard InChI is InChI=1S/C13H10N2O2/c14-10-16-9-11-5-4-8-13(15-11)17-12-6-2-1-3-7-12/h1-8H,9H2. The minimum absolute atomic E-state index is 0.155. The number of hydrogen-bond acceptors (Lipinski definition) is 4. The molecule has 0 saturated heterocycles. The van der Waals surface area contributed by atoms with Gasteiger partial charge in [0.1, 0.15) is 12.4 Å². The molecule has 17 heavy (non-hydrogen) atoms. The maximum absolute atomic E-state index is 8.30. The molecule has 2 rings (SSSR count). The Balaban J connectivity index is 2.09. The van der Waals surface area contributed by atoms with Crippen molar-refractivity contribution >= 4 is 0 Å². The van der Waals surface area contributed by atoms with Crippen LogP contribution in [0.2, 0.25) is 0 Å². The summed E-state index contributed by atoms with van der Waals surface area (Å²) in [7, 11) is 0. The molecule has 0 aliphatic rings. The molecule has 1 aromatic heterocycles. The van der Waals surface area contributed by atoms with Crippen molar-refractivity contribution in [1.82, 2.24) is 4.98 Å². The molecule has 0 saturated carbocycles. The zero-order chi connectivity index (χ0) is 11.9. The molecule has 0 amide bonds. The van der Waals surface area contributed by atoms with E-state index in [9.17, 15) is 0 Å². The number of benzene rings is 1. The van der Waals surface area contributed by atoms with E-state index in [2.05, 4.69) is 9.72 Å². The third-order valence-corrected chi connectivity index (χ3v) is 2.03. The molecule has 1 aromatic carbocycles. The number of hydrogen-bond donors (Lipinski definition) is 0. The van der Waals surface area contributed by atoms with Gasteiger partial charge in [0.2, 0.25) is 5.88 Å². The largest absolute Gasteiger partial charge is 0.439 e. The molecule has 0 radical (unpaired) electrons. The fourth-order valence-electron chi connectivity index (χ4n) is 1.31. The van der Waals surface area contributed by atoms with Crippen molar-refractivity contribution in [3.05, 3.63) is 54.2 Å². The molecule has 0 aliphatic heterocycles. The Labute approximate surface area is 99.1 Å². The van der Waals surface area contributed by atoms with Crippen molar-refractivity contribution in [1.29, 1.82) is 5.26 Å². The number of rotatable bonds is 4. The summed E-state index contributed by atoms with van der Waals surface area (Å²) in [5.41, 5.74) is 0.653. The maximum atomic E-state index is 8.30. The maximum Gasteiger partial charge on any atom is 0.286 e. The van der Waals surface area contributed by atoms with E-state index >= 15 is 0 Å². The number of pyridine rings is 1. The highest BCUT2D eigenvalue weighted by molar-refractivity contribution is 5.27. The molecular weight excluding hydrogens is 216 g/mol. The van der Waals surface area contributed by atoms with Gasteiger partial charge in [-0.15, -0.1) is 0 Å². The van der Waals surface area contributed by atoms with Gasteiger partial charge in [0.05, 0.1) is 5.69 Å². The SMILES string of the molecule is N#COCc1cccc(Oc2ccccc2)n1. The van der Waals surface area contributed by atoms with Gasteiger partial charge in [-0.1, -0.05) is 24.3 Å². The molecule has 2 aromatic rings. The first-order chi connectivity index (χ1) is 8.38. The Morgan fingerprint density at radius 2 is 1.88 bits per heavy atom. The minimum atomic E-state index is 0.155. The molecule has 0 unspecified atom stereocenters. The van der Waals surface area contributed by atoms with Crippen LogP contribution < -0.4 is 4.74 Å². The zero-order valence-electron chi connectivity index (χ0n) is 9.04. The van der Waals surface area contributed by atoms with Crippen LogP contribution in [-0.4, -0.2) is 4.98 Å². The quantitative estimate of drug-likeness (QED) is 0.752. The van der Waals surface area contributed by atoms with Gasteiger partial charge in [0.15, 0.2) is 0 Å². The van der Waals surface area contributed by atoms with Gasteiger partial charge < -0.3 is 9.47 Å². The van der Waals surface area contributed by atoms with Crippen LogP contribution in [0.1, 0.15) is 5.69 Å². The summed E-state index contributed by atoms with van der Waals surface area (Å²) in [6, 6.07) is 14.7. The average molecular weight is 226 g/mol. The first-order valence-electron chi connectivity index (χ1n) is 5.08. The number of para-hydroxylation sites is 1. The topological polar surface area (TPSA) is 55.1 Å². The van der Waals surface area contributed by atoms with Crippen molar-refractivity contribution in [3.63, 3.8) is 0 Å². The Hall–Kier alpha value is -2.54. The van der Waals surface area contributed by atoms with E-state index in [-0.39, 0.29) is 6.61 Å². The van der Waals surface area contributed by atoms with Crippen LogP contribution >= 0.6 is 0 Å². The Bertz CT molecular complexity index is 520. The lowest BCUT2D eigenvalue weighted by atomic mass is 10.3. The van der Waals surface area contributed by atoms with Crippen molar-refractivity contribution in [3.8, 4) is 17.9 Å². The molecule has 0 N–H and O–H groups in total. The Kier molecular flexibility index (Phi) is 3.56. The Morgan fingerprint density at radius 3 is 2.65 bits per heavy atom. The zero-order valence-corrected chi connectivity index (χ0v) is 9.04. The lowest BCUT2D eigenvalue weighted by Gasteiger charge is -2.05. The monoisotopic (exact) mass is 226 g/mol. The number of aromatic nitrogens is 1. The summed E-state index contributed by atoms with van der Waals surface area (Å²) in [6.07, 6.45) is 1.60. The normalized spacial score (nSPS) is 9.35. The summed E-state index contributed by atoms with van der Waals surface area (Å²) in [4.78, 5) is 4.21. The van der Waals surface area contributed by atoms with Crippen LogP contribution in [0, 0.1) is 11.5 Å². The number of nitriles is 1. The van der Waals surface area contributed by atoms with Crippen LogP contribution in [-0.2, 0) is 11.3 Å². The molecule has 4 heteroatoms. The third-order valence-electron chi connectivity index (χ3n) is 2.03. The second-order valence-corrected chi connectivity index (χ2v) is 3.26. The summed E-state index contributed by atoms with van der Waals surface area (Å²) >= 11 is 0. The lowest BCUT2D eigenvalue weighted by Crippen LogP contribution is -1.94. The second kappa shape index (κ2) is 5.52. The molecule has 0 spiro atoms. The molecule has 4 nitrogen and oxygen atoms in total. The minimum Gasteiger partial charge on any atom is -0.439 e. The molecule has 0 fully saturated rings. The second-order valence-electron chi connectivity index (χ2n) is 3.26. The van der Waals surface area contributed by atoms with E-state index in [0.29, 0.717) is 11.6 Å². The van der Waals surface area contributed by atoms with Crippen molar-refractivity contribution in [2.45, 2.75) is 6.61 Å². The molecule has 84 valence electrons. The average Bonchev–Trinajstić information content (AvgIpc) is 2.38. The molecule has 1 heterocycles. The van der Waals surface area contributed by atoms with Crippen molar-refractivity contribution in [2.24, 2.45) is 0 Å². The molecule has 0 bridgehead atoms. The summed E-state index contributed by atoms with van der Waals surface area (Å²) < 4.78 is 10.2. The van der Waals surface area contributed by atoms with Crippen LogP contribution in [0.3, 0.4) is 0 Å². The van der Waals surface area contributed by atoms with E-state index in [1.807, 2.05) is 30.3 Å². The van der Waals surface area contributed by atoms with Crippen LogP contribution in [0.25, 0.3) is 0 Å². The molecule has 0 atom stereocenters. The smallest absolute Gasteiger partial charge is 0.286 e. The third kappa shape index (κ3) is 3.21. The summed E-state index contributed by atoms with van der Waals surface area (Å²) in [5.74, 6) is 1.20. The predicted octanol–water partition coefficient (Wildman–Crippen LogP) is 2.87. The highest BCUT2D eigenvalue weighted by Gasteiger charge is 2.00. The van der Waals surface area contributed by atoms with E-state index in [4.69, 9.17) is 10.00 Å². The Morgan fingerprint density at radius 1 is 1.06 bits per heavy atom. The van der Waals surface area contributed by atoms with Gasteiger partial charge in [0, 0.05) is 6.07 Å². The molecule has 0 aliphatic carbocycles. The van der Waals surface area contributed by atoms with Crippen molar-refractivity contribution in [2.75, 3.05) is 0 Å². The molecular formula is C13H10N2O2. The van der Waals surface area contributed by atoms with Gasteiger partial charge in [0.25, 0.3) is 6.26 Å². The van der Waals surface area contributed by atoms with Gasteiger partial charge in [-0.2, -0.15) is 5.26 Å². The van der Waals surface area contributed by atoms with Crippen LogP contribution in [0.4, 0.5) is 0 Å². The predicted molar refractivity (Wildman–Crippen MR) is 61.2 cm³/mol. The number of ether oxygens (including phenoxy) is 2. The van der Waals surface area contributed by atoms with E-state index in [1.54, 1.807) is 24.5 Å². The van der Waals surface area contributed by atoms with E-state index < -0.39 is 0 Å². The highest BCUT2D eigenvalue weighted by Crippen LogP contribution is 2.18. The fraction of sp³-hybridized carbons (Fsp3) is 0.0769. The lowest BCUT2D eigenvalue weighted by molar-refractivity contribution is 0.252. The van der Waals surface area contributed by atoms with Gasteiger partial charge >= 0.3 is 0 Å². The van der Waals surface area contributed by atoms with Crippen LogP contribution in [0.15, 0.2) is 48.5 Å². The summed E-state index contributed by atoms with van der Waals surface area (Å²) in [6.45, 7) is 0.155. The van der Waals surface area contributed by atoms with Crippen LogP contribution in [0.5, 0.6) is 11.6 Å². The first-order valence-corrected chi connectivity index (χ1v) is 5.08. The van der Waals surface area contributed by atoms with Gasteiger partial charge in [-0.25, -0.2) is 4.98 Å². The van der Waals surface area contributed by atoms with Gasteiger partial charge in [-0.3, -0.25) is 0 Å². The van der Waals surface area contributed by atoms with E-state index in [1.165, 1.54) is 0 Å².